The number of carbonyl (C=O) groups is 1. The molecule has 1 N–H and O–H groups in total. The van der Waals surface area contributed by atoms with Gasteiger partial charge in [-0.2, -0.15) is 0 Å². The Balaban J connectivity index is 1.35. The highest BCUT2D eigenvalue weighted by Gasteiger charge is 2.18. The molecule has 0 bridgehead atoms. The maximum Gasteiger partial charge on any atom is 0.263 e. The van der Waals surface area contributed by atoms with Crippen LogP contribution < -0.4 is 15.6 Å². The van der Waals surface area contributed by atoms with Gasteiger partial charge in [0.25, 0.3) is 5.56 Å². The van der Waals surface area contributed by atoms with Gasteiger partial charge in [-0.15, -0.1) is 22.7 Å². The lowest BCUT2D eigenvalue weighted by atomic mass is 10.2. The van der Waals surface area contributed by atoms with Crippen molar-refractivity contribution in [1.29, 1.82) is 0 Å². The van der Waals surface area contributed by atoms with Gasteiger partial charge < -0.3 is 14.8 Å². The number of nitrogens with zero attached hydrogens (tertiary/aromatic N) is 2. The lowest BCUT2D eigenvalue weighted by molar-refractivity contribution is -0.116. The molecule has 3 aromatic heterocycles. The minimum Gasteiger partial charge on any atom is -0.489 e. The number of ether oxygens (including phenoxy) is 2. The Labute approximate surface area is 198 Å². The van der Waals surface area contributed by atoms with E-state index in [1.165, 1.54) is 22.2 Å². The smallest absolute Gasteiger partial charge is 0.263 e. The van der Waals surface area contributed by atoms with E-state index in [4.69, 9.17) is 9.47 Å². The SMILES string of the molecule is Cc1ccc(NC(=O)Cn2cnc3scc(-c4cccs4)c3c2=O)c(OCC2CCCO2)c1. The van der Waals surface area contributed by atoms with Crippen LogP contribution in [0.4, 0.5) is 5.69 Å². The van der Waals surface area contributed by atoms with Crippen LogP contribution in [-0.4, -0.2) is 34.8 Å². The first-order chi connectivity index (χ1) is 16.1. The van der Waals surface area contributed by atoms with Gasteiger partial charge in [-0.05, 0) is 48.9 Å². The Morgan fingerprint density at radius 2 is 2.24 bits per heavy atom. The van der Waals surface area contributed by atoms with Crippen molar-refractivity contribution in [2.24, 2.45) is 0 Å². The monoisotopic (exact) mass is 481 g/mol. The van der Waals surface area contributed by atoms with Gasteiger partial charge in [0.1, 0.15) is 23.7 Å². The molecule has 1 atom stereocenters. The number of carbonyl (C=O) groups excluding carboxylic acids is 1. The zero-order chi connectivity index (χ0) is 22.8. The summed E-state index contributed by atoms with van der Waals surface area (Å²) in [4.78, 5) is 32.1. The molecule has 1 amide bonds. The molecular weight excluding hydrogens is 458 g/mol. The molecule has 0 aliphatic carbocycles. The zero-order valence-electron chi connectivity index (χ0n) is 18.1. The highest BCUT2D eigenvalue weighted by atomic mass is 32.1. The molecule has 1 saturated heterocycles. The molecule has 9 heteroatoms. The van der Waals surface area contributed by atoms with Gasteiger partial charge in [0.2, 0.25) is 5.91 Å². The Morgan fingerprint density at radius 3 is 3.03 bits per heavy atom. The summed E-state index contributed by atoms with van der Waals surface area (Å²) in [6.07, 6.45) is 3.52. The van der Waals surface area contributed by atoms with Gasteiger partial charge >= 0.3 is 0 Å². The maximum atomic E-state index is 13.2. The van der Waals surface area contributed by atoms with Crippen molar-refractivity contribution in [3.8, 4) is 16.2 Å². The third-order valence-electron chi connectivity index (χ3n) is 5.52. The fourth-order valence-corrected chi connectivity index (χ4v) is 5.57. The summed E-state index contributed by atoms with van der Waals surface area (Å²) in [5.74, 6) is 0.273. The van der Waals surface area contributed by atoms with E-state index in [0.29, 0.717) is 28.3 Å². The number of fused-ring (bicyclic) bond motifs is 1. The standard InChI is InChI=1S/C24H23N3O4S2/c1-15-6-7-18(19(10-15)31-12-16-4-2-8-30-16)26-21(28)11-27-14-25-23-22(24(27)29)17(13-33-23)20-5-3-9-32-20/h3,5-7,9-10,13-14,16H,2,4,8,11-12H2,1H3,(H,26,28). The summed E-state index contributed by atoms with van der Waals surface area (Å²) in [5.41, 5.74) is 2.24. The van der Waals surface area contributed by atoms with Crippen LogP contribution in [0.3, 0.4) is 0 Å². The summed E-state index contributed by atoms with van der Waals surface area (Å²) < 4.78 is 12.9. The third-order valence-corrected chi connectivity index (χ3v) is 7.31. The largest absolute Gasteiger partial charge is 0.489 e. The number of hydrogen-bond acceptors (Lipinski definition) is 7. The van der Waals surface area contributed by atoms with E-state index in [2.05, 4.69) is 10.3 Å². The lowest BCUT2D eigenvalue weighted by Crippen LogP contribution is -2.28. The first-order valence-corrected chi connectivity index (χ1v) is 12.5. The van der Waals surface area contributed by atoms with Gasteiger partial charge in [0.05, 0.1) is 23.5 Å². The zero-order valence-corrected chi connectivity index (χ0v) is 19.7. The molecule has 0 saturated carbocycles. The van der Waals surface area contributed by atoms with Crippen LogP contribution in [0.5, 0.6) is 5.75 Å². The second kappa shape index (κ2) is 9.46. The molecule has 0 radical (unpaired) electrons. The number of nitrogens with one attached hydrogen (secondary N) is 1. The first-order valence-electron chi connectivity index (χ1n) is 10.7. The van der Waals surface area contributed by atoms with Crippen LogP contribution in [0.25, 0.3) is 20.7 Å². The summed E-state index contributed by atoms with van der Waals surface area (Å²) in [7, 11) is 0. The minimum atomic E-state index is -0.322. The van der Waals surface area contributed by atoms with E-state index in [0.717, 1.165) is 35.5 Å². The first kappa shape index (κ1) is 21.8. The number of amides is 1. The van der Waals surface area contributed by atoms with Crippen molar-refractivity contribution in [1.82, 2.24) is 9.55 Å². The molecule has 4 aromatic rings. The minimum absolute atomic E-state index is 0.0774. The Bertz CT molecular complexity index is 1340. The number of rotatable bonds is 7. The molecule has 1 fully saturated rings. The van der Waals surface area contributed by atoms with Crippen molar-refractivity contribution >= 4 is 44.5 Å². The average molecular weight is 482 g/mol. The van der Waals surface area contributed by atoms with Crippen LogP contribution in [-0.2, 0) is 16.1 Å². The maximum absolute atomic E-state index is 13.2. The molecular formula is C24H23N3O4S2. The molecule has 1 unspecified atom stereocenters. The second-order valence-electron chi connectivity index (χ2n) is 7.98. The number of aromatic nitrogens is 2. The number of benzene rings is 1. The molecule has 33 heavy (non-hydrogen) atoms. The van der Waals surface area contributed by atoms with Crippen LogP contribution in [0, 0.1) is 6.92 Å². The fourth-order valence-electron chi connectivity index (χ4n) is 3.85. The van der Waals surface area contributed by atoms with E-state index in [9.17, 15) is 9.59 Å². The van der Waals surface area contributed by atoms with Crippen LogP contribution in [0.1, 0.15) is 18.4 Å². The molecule has 1 aromatic carbocycles. The molecule has 1 aliphatic heterocycles. The number of thiophene rings is 2. The van der Waals surface area contributed by atoms with E-state index >= 15 is 0 Å². The Hall–Kier alpha value is -3.01. The van der Waals surface area contributed by atoms with Crippen LogP contribution in [0.15, 0.2) is 52.2 Å². The third kappa shape index (κ3) is 4.71. The number of aryl methyl sites for hydroxylation is 1. The predicted octanol–water partition coefficient (Wildman–Crippen LogP) is 4.69. The van der Waals surface area contributed by atoms with Crippen molar-refractivity contribution in [3.63, 3.8) is 0 Å². The van der Waals surface area contributed by atoms with Crippen LogP contribution in [0.2, 0.25) is 0 Å². The summed E-state index contributed by atoms with van der Waals surface area (Å²) in [5, 5.41) is 7.35. The molecule has 1 aliphatic rings. The average Bonchev–Trinajstić information content (AvgIpc) is 3.57. The Morgan fingerprint density at radius 1 is 1.33 bits per heavy atom. The summed E-state index contributed by atoms with van der Waals surface area (Å²) in [6, 6.07) is 9.54. The summed E-state index contributed by atoms with van der Waals surface area (Å²) >= 11 is 3.00. The van der Waals surface area contributed by atoms with E-state index in [1.807, 2.05) is 48.0 Å². The number of anilines is 1. The van der Waals surface area contributed by atoms with E-state index in [-0.39, 0.29) is 24.1 Å². The van der Waals surface area contributed by atoms with Gasteiger partial charge in [0.15, 0.2) is 0 Å². The molecule has 0 spiro atoms. The van der Waals surface area contributed by atoms with Crippen molar-refractivity contribution in [2.45, 2.75) is 32.4 Å². The van der Waals surface area contributed by atoms with Crippen LogP contribution >= 0.6 is 22.7 Å². The quantitative estimate of drug-likeness (QED) is 0.414. The molecule has 7 nitrogen and oxygen atoms in total. The van der Waals surface area contributed by atoms with E-state index in [1.54, 1.807) is 11.3 Å². The van der Waals surface area contributed by atoms with Gasteiger partial charge in [-0.3, -0.25) is 14.2 Å². The predicted molar refractivity (Wildman–Crippen MR) is 131 cm³/mol. The Kier molecular flexibility index (Phi) is 6.26. The molecule has 5 rings (SSSR count). The lowest BCUT2D eigenvalue weighted by Gasteiger charge is -2.16. The summed E-state index contributed by atoms with van der Waals surface area (Å²) in [6.45, 7) is 3.03. The second-order valence-corrected chi connectivity index (χ2v) is 9.78. The van der Waals surface area contributed by atoms with Crippen molar-refractivity contribution in [2.75, 3.05) is 18.5 Å². The topological polar surface area (TPSA) is 82.5 Å². The normalized spacial score (nSPS) is 15.7. The van der Waals surface area contributed by atoms with E-state index < -0.39 is 0 Å². The van der Waals surface area contributed by atoms with Gasteiger partial charge in [-0.1, -0.05) is 12.1 Å². The highest BCUT2D eigenvalue weighted by Crippen LogP contribution is 2.33. The molecule has 170 valence electrons. The van der Waals surface area contributed by atoms with Crippen molar-refractivity contribution in [3.05, 3.63) is 63.3 Å². The molecule has 4 heterocycles. The van der Waals surface area contributed by atoms with Crippen molar-refractivity contribution < 1.29 is 14.3 Å². The highest BCUT2D eigenvalue weighted by molar-refractivity contribution is 7.18. The number of hydrogen-bond donors (Lipinski definition) is 1. The van der Waals surface area contributed by atoms with Gasteiger partial charge in [0, 0.05) is 22.4 Å². The fraction of sp³-hybridized carbons (Fsp3) is 0.292. The van der Waals surface area contributed by atoms with Gasteiger partial charge in [-0.25, -0.2) is 4.98 Å².